The molecule has 0 fully saturated rings. The number of nitrogens with zero attached hydrogens (tertiary/aromatic N) is 1. The third kappa shape index (κ3) is 4.49. The number of anilines is 1. The van der Waals surface area contributed by atoms with E-state index in [1.165, 1.54) is 11.8 Å². The van der Waals surface area contributed by atoms with Crippen molar-refractivity contribution in [3.63, 3.8) is 0 Å². The van der Waals surface area contributed by atoms with Crippen LogP contribution in [-0.2, 0) is 4.79 Å². The summed E-state index contributed by atoms with van der Waals surface area (Å²) in [7, 11) is 0. The molecule has 0 saturated heterocycles. The number of rotatable bonds is 6. The number of carbonyl (C=O) groups excluding carboxylic acids is 1. The highest BCUT2D eigenvalue weighted by molar-refractivity contribution is 9.10. The first-order chi connectivity index (χ1) is 11.6. The van der Waals surface area contributed by atoms with Crippen molar-refractivity contribution in [3.8, 4) is 5.75 Å². The Morgan fingerprint density at radius 3 is 2.83 bits per heavy atom. The van der Waals surface area contributed by atoms with Crippen LogP contribution in [0.4, 0.5) is 5.69 Å². The van der Waals surface area contributed by atoms with E-state index in [0.29, 0.717) is 12.4 Å². The Hall–Kier alpha value is -1.57. The smallest absolute Gasteiger partial charge is 0.234 e. The summed E-state index contributed by atoms with van der Waals surface area (Å²) in [6.45, 7) is 2.60. The van der Waals surface area contributed by atoms with Crippen molar-refractivity contribution in [2.45, 2.75) is 11.3 Å². The Morgan fingerprint density at radius 2 is 2.08 bits per heavy atom. The van der Waals surface area contributed by atoms with Gasteiger partial charge in [-0.1, -0.05) is 27.7 Å². The molecule has 3 rings (SSSR count). The number of hydrogen-bond acceptors (Lipinski definition) is 5. The largest absolute Gasteiger partial charge is 0.494 e. The summed E-state index contributed by atoms with van der Waals surface area (Å²) >= 11 is 6.39. The van der Waals surface area contributed by atoms with Gasteiger partial charge in [0, 0.05) is 10.2 Å². The number of fused-ring (bicyclic) bond motifs is 1. The van der Waals surface area contributed by atoms with Crippen molar-refractivity contribution in [1.29, 1.82) is 0 Å². The molecule has 124 valence electrons. The summed E-state index contributed by atoms with van der Waals surface area (Å²) < 4.78 is 8.43. The predicted octanol–water partition coefficient (Wildman–Crippen LogP) is 5.19. The number of halogens is 1. The lowest BCUT2D eigenvalue weighted by Crippen LogP contribution is -2.13. The zero-order valence-corrected chi connectivity index (χ0v) is 16.1. The molecule has 1 N–H and O–H groups in total. The molecule has 0 saturated carbocycles. The molecule has 0 radical (unpaired) electrons. The summed E-state index contributed by atoms with van der Waals surface area (Å²) in [4.78, 5) is 16.6. The van der Waals surface area contributed by atoms with Crippen molar-refractivity contribution in [3.05, 3.63) is 46.9 Å². The minimum absolute atomic E-state index is 0.0448. The number of benzene rings is 2. The van der Waals surface area contributed by atoms with Crippen LogP contribution in [-0.4, -0.2) is 23.3 Å². The molecule has 0 aliphatic carbocycles. The Kier molecular flexibility index (Phi) is 5.76. The summed E-state index contributed by atoms with van der Waals surface area (Å²) in [6, 6.07) is 13.4. The average molecular weight is 423 g/mol. The fraction of sp³-hybridized carbons (Fsp3) is 0.176. The fourth-order valence-electron chi connectivity index (χ4n) is 2.06. The van der Waals surface area contributed by atoms with E-state index in [4.69, 9.17) is 4.74 Å². The van der Waals surface area contributed by atoms with Gasteiger partial charge in [0.2, 0.25) is 5.91 Å². The van der Waals surface area contributed by atoms with Gasteiger partial charge in [0.15, 0.2) is 4.34 Å². The van der Waals surface area contributed by atoms with Crippen LogP contribution < -0.4 is 10.1 Å². The number of ether oxygens (including phenoxy) is 1. The predicted molar refractivity (Wildman–Crippen MR) is 104 cm³/mol. The van der Waals surface area contributed by atoms with Gasteiger partial charge in [-0.05, 0) is 49.4 Å². The van der Waals surface area contributed by atoms with Crippen molar-refractivity contribution in [2.75, 3.05) is 17.7 Å². The first kappa shape index (κ1) is 17.3. The molecule has 4 nitrogen and oxygen atoms in total. The second-order valence-electron chi connectivity index (χ2n) is 4.89. The number of carbonyl (C=O) groups is 1. The van der Waals surface area contributed by atoms with E-state index in [1.807, 2.05) is 49.4 Å². The highest BCUT2D eigenvalue weighted by Crippen LogP contribution is 2.32. The molecule has 0 aliphatic heterocycles. The van der Waals surface area contributed by atoms with Crippen molar-refractivity contribution in [1.82, 2.24) is 4.98 Å². The Bertz CT molecular complexity index is 849. The molecule has 7 heteroatoms. The number of aromatic nitrogens is 1. The van der Waals surface area contributed by atoms with Crippen LogP contribution in [0.5, 0.6) is 5.75 Å². The molecule has 3 aromatic rings. The highest BCUT2D eigenvalue weighted by atomic mass is 79.9. The molecule has 24 heavy (non-hydrogen) atoms. The van der Waals surface area contributed by atoms with E-state index in [0.717, 1.165) is 30.5 Å². The first-order valence-corrected chi connectivity index (χ1v) is 9.95. The average Bonchev–Trinajstić information content (AvgIpc) is 2.98. The van der Waals surface area contributed by atoms with E-state index in [9.17, 15) is 4.79 Å². The minimum Gasteiger partial charge on any atom is -0.494 e. The van der Waals surface area contributed by atoms with E-state index in [-0.39, 0.29) is 5.91 Å². The second-order valence-corrected chi connectivity index (χ2v) is 8.05. The highest BCUT2D eigenvalue weighted by Gasteiger charge is 2.09. The molecular weight excluding hydrogens is 408 g/mol. The maximum absolute atomic E-state index is 12.0. The maximum Gasteiger partial charge on any atom is 0.234 e. The molecule has 0 unspecified atom stereocenters. The van der Waals surface area contributed by atoms with Crippen molar-refractivity contribution in [2.24, 2.45) is 0 Å². The lowest BCUT2D eigenvalue weighted by molar-refractivity contribution is -0.113. The minimum atomic E-state index is -0.0448. The Labute approximate surface area is 156 Å². The van der Waals surface area contributed by atoms with Crippen LogP contribution in [0.1, 0.15) is 6.92 Å². The normalized spacial score (nSPS) is 10.8. The number of amides is 1. The standard InChI is InChI=1S/C17H15BrN2O2S2/c1-2-22-13-7-8-14-15(9-13)24-17(20-14)23-10-16(21)19-12-5-3-11(18)4-6-12/h3-9H,2,10H2,1H3,(H,19,21). The van der Waals surface area contributed by atoms with E-state index < -0.39 is 0 Å². The molecule has 0 atom stereocenters. The topological polar surface area (TPSA) is 51.2 Å². The molecule has 0 bridgehead atoms. The van der Waals surface area contributed by atoms with Gasteiger partial charge in [-0.25, -0.2) is 4.98 Å². The van der Waals surface area contributed by atoms with Crippen LogP contribution in [0.15, 0.2) is 51.3 Å². The van der Waals surface area contributed by atoms with Crippen molar-refractivity contribution < 1.29 is 9.53 Å². The SMILES string of the molecule is CCOc1ccc2nc(SCC(=O)Nc3ccc(Br)cc3)sc2c1. The third-order valence-corrected chi connectivity index (χ3v) is 5.80. The van der Waals surface area contributed by atoms with Crippen LogP contribution in [0, 0.1) is 0 Å². The summed E-state index contributed by atoms with van der Waals surface area (Å²) in [5, 5.41) is 2.88. The first-order valence-electron chi connectivity index (χ1n) is 7.35. The van der Waals surface area contributed by atoms with Crippen LogP contribution in [0.2, 0.25) is 0 Å². The van der Waals surface area contributed by atoms with Gasteiger partial charge in [0.1, 0.15) is 5.75 Å². The molecular formula is C17H15BrN2O2S2. The third-order valence-electron chi connectivity index (χ3n) is 3.11. The molecule has 2 aromatic carbocycles. The lowest BCUT2D eigenvalue weighted by Gasteiger charge is -2.03. The summed E-state index contributed by atoms with van der Waals surface area (Å²) in [6.07, 6.45) is 0. The molecule has 1 heterocycles. The van der Waals surface area contributed by atoms with Gasteiger partial charge in [-0.15, -0.1) is 11.3 Å². The second kappa shape index (κ2) is 8.00. The van der Waals surface area contributed by atoms with E-state index in [1.54, 1.807) is 11.3 Å². The van der Waals surface area contributed by atoms with E-state index in [2.05, 4.69) is 26.2 Å². The van der Waals surface area contributed by atoms with Crippen LogP contribution >= 0.6 is 39.0 Å². The fourth-order valence-corrected chi connectivity index (χ4v) is 4.22. The van der Waals surface area contributed by atoms with Gasteiger partial charge >= 0.3 is 0 Å². The Morgan fingerprint density at radius 1 is 1.29 bits per heavy atom. The number of nitrogens with one attached hydrogen (secondary N) is 1. The monoisotopic (exact) mass is 422 g/mol. The molecule has 0 spiro atoms. The van der Waals surface area contributed by atoms with Gasteiger partial charge in [-0.2, -0.15) is 0 Å². The Balaban J connectivity index is 1.60. The van der Waals surface area contributed by atoms with Crippen LogP contribution in [0.3, 0.4) is 0 Å². The number of hydrogen-bond donors (Lipinski definition) is 1. The zero-order chi connectivity index (χ0) is 16.9. The maximum atomic E-state index is 12.0. The number of thioether (sulfide) groups is 1. The van der Waals surface area contributed by atoms with E-state index >= 15 is 0 Å². The van der Waals surface area contributed by atoms with Crippen LogP contribution in [0.25, 0.3) is 10.2 Å². The van der Waals surface area contributed by atoms with Gasteiger partial charge in [-0.3, -0.25) is 4.79 Å². The molecule has 0 aliphatic rings. The lowest BCUT2D eigenvalue weighted by atomic mass is 10.3. The summed E-state index contributed by atoms with van der Waals surface area (Å²) in [5.41, 5.74) is 1.72. The number of thiazole rings is 1. The van der Waals surface area contributed by atoms with Gasteiger partial charge < -0.3 is 10.1 Å². The molecule has 1 amide bonds. The quantitative estimate of drug-likeness (QED) is 0.555. The van der Waals surface area contributed by atoms with Gasteiger partial charge in [0.05, 0.1) is 22.6 Å². The van der Waals surface area contributed by atoms with Crippen molar-refractivity contribution >= 4 is 60.8 Å². The zero-order valence-electron chi connectivity index (χ0n) is 12.9. The van der Waals surface area contributed by atoms with Gasteiger partial charge in [0.25, 0.3) is 0 Å². The molecule has 1 aromatic heterocycles. The summed E-state index contributed by atoms with van der Waals surface area (Å²) in [5.74, 6) is 1.13.